The lowest BCUT2D eigenvalue weighted by molar-refractivity contribution is -0.116. The molecule has 8 heteroatoms. The molecule has 0 spiro atoms. The van der Waals surface area contributed by atoms with Crippen LogP contribution in [0.15, 0.2) is 70.0 Å². The van der Waals surface area contributed by atoms with Crippen molar-refractivity contribution in [2.75, 3.05) is 0 Å². The molecule has 0 bridgehead atoms. The summed E-state index contributed by atoms with van der Waals surface area (Å²) in [5.74, 6) is -0.636. The molecule has 2 aromatic heterocycles. The van der Waals surface area contributed by atoms with Crippen LogP contribution in [0.3, 0.4) is 0 Å². The topological polar surface area (TPSA) is 125 Å². The molecule has 3 heterocycles. The van der Waals surface area contributed by atoms with Crippen LogP contribution in [0.5, 0.6) is 0 Å². The van der Waals surface area contributed by atoms with Crippen LogP contribution in [0.25, 0.3) is 0 Å². The lowest BCUT2D eigenvalue weighted by atomic mass is 9.78. The first-order valence-corrected chi connectivity index (χ1v) is 8.82. The lowest BCUT2D eigenvalue weighted by Crippen LogP contribution is -2.48. The summed E-state index contributed by atoms with van der Waals surface area (Å²) >= 11 is 0. The molecule has 0 aromatic carbocycles. The number of hydrogen-bond donors (Lipinski definition) is 2. The Balaban J connectivity index is 1.80. The molecular formula is C20H17N5O3. The van der Waals surface area contributed by atoms with E-state index in [0.29, 0.717) is 41.9 Å². The zero-order valence-electron chi connectivity index (χ0n) is 14.9. The molecule has 28 heavy (non-hydrogen) atoms. The van der Waals surface area contributed by atoms with E-state index in [-0.39, 0.29) is 17.2 Å². The summed E-state index contributed by atoms with van der Waals surface area (Å²) in [7, 11) is 0. The number of carbonyl (C=O) groups excluding carboxylic acids is 2. The predicted molar refractivity (Wildman–Crippen MR) is 97.7 cm³/mol. The summed E-state index contributed by atoms with van der Waals surface area (Å²) in [6.45, 7) is 0. The van der Waals surface area contributed by atoms with E-state index in [9.17, 15) is 14.9 Å². The molecular weight excluding hydrogens is 358 g/mol. The third-order valence-corrected chi connectivity index (χ3v) is 4.88. The van der Waals surface area contributed by atoms with Gasteiger partial charge in [0.2, 0.25) is 0 Å². The second-order valence-corrected chi connectivity index (χ2v) is 6.51. The molecule has 4 rings (SSSR count). The van der Waals surface area contributed by atoms with Crippen molar-refractivity contribution in [1.29, 1.82) is 5.26 Å². The van der Waals surface area contributed by atoms with E-state index in [1.54, 1.807) is 30.5 Å². The molecule has 8 nitrogen and oxygen atoms in total. The molecule has 140 valence electrons. The third-order valence-electron chi connectivity index (χ3n) is 4.88. The van der Waals surface area contributed by atoms with E-state index in [4.69, 9.17) is 10.2 Å². The minimum atomic E-state index is -0.672. The summed E-state index contributed by atoms with van der Waals surface area (Å²) < 4.78 is 5.50. The Morgan fingerprint density at radius 3 is 2.89 bits per heavy atom. The Morgan fingerprint density at radius 1 is 1.36 bits per heavy atom. The van der Waals surface area contributed by atoms with Gasteiger partial charge in [-0.1, -0.05) is 0 Å². The number of nitrogens with two attached hydrogens (primary N) is 1. The summed E-state index contributed by atoms with van der Waals surface area (Å²) in [4.78, 5) is 29.4. The average molecular weight is 375 g/mol. The van der Waals surface area contributed by atoms with Crippen LogP contribution in [0.2, 0.25) is 0 Å². The van der Waals surface area contributed by atoms with Crippen LogP contribution >= 0.6 is 0 Å². The molecule has 2 aromatic rings. The monoisotopic (exact) mass is 375 g/mol. The van der Waals surface area contributed by atoms with Crippen LogP contribution in [0, 0.1) is 11.3 Å². The van der Waals surface area contributed by atoms with Gasteiger partial charge in [0, 0.05) is 24.4 Å². The number of furan rings is 1. The number of nitrogens with one attached hydrogen (secondary N) is 1. The van der Waals surface area contributed by atoms with Crippen molar-refractivity contribution >= 4 is 11.7 Å². The molecule has 0 saturated heterocycles. The minimum absolute atomic E-state index is 0.0783. The van der Waals surface area contributed by atoms with E-state index in [2.05, 4.69) is 16.5 Å². The molecule has 2 aliphatic rings. The predicted octanol–water partition coefficient (Wildman–Crippen LogP) is 2.12. The van der Waals surface area contributed by atoms with E-state index < -0.39 is 11.8 Å². The van der Waals surface area contributed by atoms with E-state index in [0.717, 1.165) is 0 Å². The van der Waals surface area contributed by atoms with Crippen LogP contribution in [0.1, 0.15) is 41.3 Å². The molecule has 1 amide bonds. The fraction of sp³-hybridized carbons (Fsp3) is 0.200. The molecule has 0 fully saturated rings. The standard InChI is InChI=1S/C20H17N5O3/c21-10-13-17(16-7-3-9-28-16)18-14(5-1-6-15(18)26)25(19(13)22)24-20(27)12-4-2-8-23-11-12/h2-4,7-9,11,17H,1,5-6,22H2,(H,24,27). The van der Waals surface area contributed by atoms with Gasteiger partial charge in [-0.15, -0.1) is 0 Å². The van der Waals surface area contributed by atoms with Gasteiger partial charge in [0.1, 0.15) is 11.6 Å². The fourth-order valence-electron chi connectivity index (χ4n) is 3.62. The van der Waals surface area contributed by atoms with Gasteiger partial charge in [-0.3, -0.25) is 20.0 Å². The smallest absolute Gasteiger partial charge is 0.271 e. The number of carbonyl (C=O) groups is 2. The first-order valence-electron chi connectivity index (χ1n) is 8.82. The zero-order valence-corrected chi connectivity index (χ0v) is 14.9. The molecule has 1 aliphatic carbocycles. The fourth-order valence-corrected chi connectivity index (χ4v) is 3.62. The number of pyridine rings is 1. The van der Waals surface area contributed by atoms with Gasteiger partial charge >= 0.3 is 0 Å². The Kier molecular flexibility index (Phi) is 4.41. The van der Waals surface area contributed by atoms with Gasteiger partial charge < -0.3 is 10.2 Å². The number of rotatable bonds is 3. The number of nitriles is 1. The Morgan fingerprint density at radius 2 is 2.21 bits per heavy atom. The molecule has 0 saturated carbocycles. The highest BCUT2D eigenvalue weighted by Crippen LogP contribution is 2.44. The van der Waals surface area contributed by atoms with Gasteiger partial charge in [-0.25, -0.2) is 5.01 Å². The summed E-state index contributed by atoms with van der Waals surface area (Å²) in [6, 6.07) is 8.77. The van der Waals surface area contributed by atoms with Gasteiger partial charge in [0.25, 0.3) is 5.91 Å². The van der Waals surface area contributed by atoms with Crippen LogP contribution in [0.4, 0.5) is 0 Å². The van der Waals surface area contributed by atoms with Gasteiger partial charge in [-0.2, -0.15) is 5.26 Å². The maximum Gasteiger partial charge on any atom is 0.271 e. The van der Waals surface area contributed by atoms with Gasteiger partial charge in [0.15, 0.2) is 5.78 Å². The quantitative estimate of drug-likeness (QED) is 0.841. The van der Waals surface area contributed by atoms with Crippen molar-refractivity contribution in [2.45, 2.75) is 25.2 Å². The van der Waals surface area contributed by atoms with Crippen molar-refractivity contribution in [2.24, 2.45) is 5.73 Å². The maximum atomic E-state index is 12.8. The lowest BCUT2D eigenvalue weighted by Gasteiger charge is -2.38. The maximum absolute atomic E-state index is 12.8. The minimum Gasteiger partial charge on any atom is -0.468 e. The number of hydrogen-bond acceptors (Lipinski definition) is 7. The van der Waals surface area contributed by atoms with Gasteiger partial charge in [-0.05, 0) is 37.1 Å². The number of hydrazine groups is 1. The van der Waals surface area contributed by atoms with Crippen LogP contribution < -0.4 is 11.2 Å². The van der Waals surface area contributed by atoms with Crippen molar-refractivity contribution in [3.8, 4) is 6.07 Å². The van der Waals surface area contributed by atoms with E-state index >= 15 is 0 Å². The largest absolute Gasteiger partial charge is 0.468 e. The molecule has 1 unspecified atom stereocenters. The van der Waals surface area contributed by atoms with Gasteiger partial charge in [0.05, 0.1) is 35.1 Å². The number of allylic oxidation sites excluding steroid dienone is 3. The highest BCUT2D eigenvalue weighted by molar-refractivity contribution is 6.00. The SMILES string of the molecule is N#CC1=C(N)N(NC(=O)c2cccnc2)C2=C(C(=O)CCC2)C1c1ccco1. The second-order valence-electron chi connectivity index (χ2n) is 6.51. The number of aromatic nitrogens is 1. The molecule has 3 N–H and O–H groups in total. The van der Waals surface area contributed by atoms with E-state index in [1.165, 1.54) is 17.5 Å². The third kappa shape index (κ3) is 2.83. The van der Waals surface area contributed by atoms with Crippen molar-refractivity contribution in [3.05, 3.63) is 76.9 Å². The van der Waals surface area contributed by atoms with Crippen molar-refractivity contribution in [3.63, 3.8) is 0 Å². The Bertz CT molecular complexity index is 1030. The number of Topliss-reactive ketones (excluding diaryl/α,β-unsaturated/α-hetero) is 1. The van der Waals surface area contributed by atoms with Crippen LogP contribution in [-0.4, -0.2) is 21.7 Å². The second kappa shape index (κ2) is 7.04. The number of ketones is 1. The van der Waals surface area contributed by atoms with Crippen LogP contribution in [-0.2, 0) is 4.79 Å². The molecule has 1 atom stereocenters. The zero-order chi connectivity index (χ0) is 19.7. The molecule has 1 aliphatic heterocycles. The Labute approximate surface area is 160 Å². The number of nitrogens with zero attached hydrogens (tertiary/aromatic N) is 3. The Hall–Kier alpha value is -3.86. The molecule has 0 radical (unpaired) electrons. The first-order chi connectivity index (χ1) is 13.6. The highest BCUT2D eigenvalue weighted by atomic mass is 16.3. The highest BCUT2D eigenvalue weighted by Gasteiger charge is 2.41. The van der Waals surface area contributed by atoms with Crippen molar-refractivity contribution < 1.29 is 14.0 Å². The first kappa shape index (κ1) is 17.5. The van der Waals surface area contributed by atoms with Crippen molar-refractivity contribution in [1.82, 2.24) is 15.4 Å². The summed E-state index contributed by atoms with van der Waals surface area (Å²) in [5, 5.41) is 11.1. The summed E-state index contributed by atoms with van der Waals surface area (Å²) in [5.41, 5.74) is 10.5. The number of amides is 1. The average Bonchev–Trinajstić information content (AvgIpc) is 3.25. The van der Waals surface area contributed by atoms with E-state index in [1.807, 2.05) is 0 Å². The normalized spacial score (nSPS) is 19.3. The summed E-state index contributed by atoms with van der Waals surface area (Å²) in [6.07, 6.45) is 6.04.